The highest BCUT2D eigenvalue weighted by atomic mass is 16.5. The largest absolute Gasteiger partial charge is 0.490 e. The van der Waals surface area contributed by atoms with Gasteiger partial charge in [-0.3, -0.25) is 9.59 Å². The van der Waals surface area contributed by atoms with E-state index in [0.717, 1.165) is 11.3 Å². The molecular weight excluding hydrogens is 374 g/mol. The van der Waals surface area contributed by atoms with E-state index in [9.17, 15) is 9.59 Å². The van der Waals surface area contributed by atoms with E-state index < -0.39 is 11.9 Å². The summed E-state index contributed by atoms with van der Waals surface area (Å²) in [6.07, 6.45) is 0.0518. The average Bonchev–Trinajstić information content (AvgIpc) is 3.08. The molecule has 1 heterocycles. The molecule has 0 radical (unpaired) electrons. The number of likely N-dealkylation sites (tertiary alicyclic amines) is 1. The van der Waals surface area contributed by atoms with Crippen LogP contribution in [0.3, 0.4) is 0 Å². The minimum absolute atomic E-state index is 0.0518. The van der Waals surface area contributed by atoms with Gasteiger partial charge >= 0.3 is 5.97 Å². The number of amides is 1. The highest BCUT2D eigenvalue weighted by Crippen LogP contribution is 2.30. The van der Waals surface area contributed by atoms with Gasteiger partial charge in [-0.05, 0) is 36.8 Å². The van der Waals surface area contributed by atoms with Crippen molar-refractivity contribution in [1.82, 2.24) is 4.90 Å². The molecule has 7 nitrogen and oxygen atoms in total. The Hall–Kier alpha value is -3.22. The molecule has 2 aromatic rings. The van der Waals surface area contributed by atoms with Gasteiger partial charge in [-0.1, -0.05) is 24.3 Å². The van der Waals surface area contributed by atoms with Crippen LogP contribution in [0.5, 0.6) is 17.2 Å². The molecule has 3 rings (SSSR count). The molecule has 1 aliphatic rings. The van der Waals surface area contributed by atoms with E-state index >= 15 is 0 Å². The van der Waals surface area contributed by atoms with Gasteiger partial charge < -0.3 is 24.2 Å². The van der Waals surface area contributed by atoms with Crippen LogP contribution in [0.25, 0.3) is 0 Å². The number of hydrogen-bond acceptors (Lipinski definition) is 5. The standard InChI is InChI=1S/C22H25NO6/c1-2-27-20-12-16(14-23-15-17(22(25)26)13-21(23)24)8-9-19(20)29-11-10-28-18-6-4-3-5-7-18/h3-9,12,17H,2,10-11,13-15H2,1H3,(H,25,26). The van der Waals surface area contributed by atoms with E-state index in [1.807, 2.05) is 49.4 Å². The van der Waals surface area contributed by atoms with Crippen molar-refractivity contribution in [2.75, 3.05) is 26.4 Å². The molecule has 2 aromatic carbocycles. The van der Waals surface area contributed by atoms with E-state index in [-0.39, 0.29) is 18.9 Å². The van der Waals surface area contributed by atoms with Gasteiger partial charge in [-0.15, -0.1) is 0 Å². The highest BCUT2D eigenvalue weighted by molar-refractivity contribution is 5.86. The molecule has 0 saturated carbocycles. The number of aliphatic carboxylic acids is 1. The quantitative estimate of drug-likeness (QED) is 0.618. The molecule has 1 unspecified atom stereocenters. The smallest absolute Gasteiger partial charge is 0.308 e. The monoisotopic (exact) mass is 399 g/mol. The van der Waals surface area contributed by atoms with Crippen molar-refractivity contribution in [3.05, 3.63) is 54.1 Å². The number of ether oxygens (including phenoxy) is 3. The van der Waals surface area contributed by atoms with Gasteiger partial charge in [0, 0.05) is 19.5 Å². The lowest BCUT2D eigenvalue weighted by Gasteiger charge is -2.18. The van der Waals surface area contributed by atoms with Crippen molar-refractivity contribution in [1.29, 1.82) is 0 Å². The first kappa shape index (κ1) is 20.5. The van der Waals surface area contributed by atoms with Crippen molar-refractivity contribution in [2.45, 2.75) is 19.9 Å². The number of carboxylic acid groups (broad SMARTS) is 1. The molecule has 0 spiro atoms. The fourth-order valence-electron chi connectivity index (χ4n) is 3.18. The van der Waals surface area contributed by atoms with Crippen LogP contribution in [0.1, 0.15) is 18.9 Å². The van der Waals surface area contributed by atoms with Crippen molar-refractivity contribution in [2.24, 2.45) is 5.92 Å². The second-order valence-electron chi connectivity index (χ2n) is 6.74. The van der Waals surface area contributed by atoms with Gasteiger partial charge in [0.25, 0.3) is 0 Å². The van der Waals surface area contributed by atoms with E-state index in [1.54, 1.807) is 11.0 Å². The maximum atomic E-state index is 12.1. The number of carbonyl (C=O) groups excluding carboxylic acids is 1. The number of nitrogens with zero attached hydrogens (tertiary/aromatic N) is 1. The molecule has 154 valence electrons. The predicted molar refractivity (Wildman–Crippen MR) is 106 cm³/mol. The lowest BCUT2D eigenvalue weighted by atomic mass is 10.1. The lowest BCUT2D eigenvalue weighted by molar-refractivity contribution is -0.141. The van der Waals surface area contributed by atoms with Gasteiger partial charge in [-0.2, -0.15) is 0 Å². The summed E-state index contributed by atoms with van der Waals surface area (Å²) < 4.78 is 17.1. The van der Waals surface area contributed by atoms with Crippen LogP contribution in [0.4, 0.5) is 0 Å². The fourth-order valence-corrected chi connectivity index (χ4v) is 3.18. The molecule has 0 bridgehead atoms. The maximum absolute atomic E-state index is 12.1. The molecule has 0 aromatic heterocycles. The molecule has 0 aliphatic carbocycles. The Balaban J connectivity index is 1.58. The number of benzene rings is 2. The third-order valence-corrected chi connectivity index (χ3v) is 4.60. The molecule has 1 atom stereocenters. The number of hydrogen-bond donors (Lipinski definition) is 1. The molecule has 7 heteroatoms. The number of para-hydroxylation sites is 1. The van der Waals surface area contributed by atoms with E-state index in [4.69, 9.17) is 19.3 Å². The summed E-state index contributed by atoms with van der Waals surface area (Å²) in [4.78, 5) is 24.7. The fraction of sp³-hybridized carbons (Fsp3) is 0.364. The van der Waals surface area contributed by atoms with Gasteiger partial charge in [-0.25, -0.2) is 0 Å². The Morgan fingerprint density at radius 1 is 1.07 bits per heavy atom. The van der Waals surface area contributed by atoms with E-state index in [0.29, 0.717) is 37.9 Å². The van der Waals surface area contributed by atoms with Gasteiger partial charge in [0.05, 0.1) is 12.5 Å². The summed E-state index contributed by atoms with van der Waals surface area (Å²) in [5.41, 5.74) is 0.862. The minimum Gasteiger partial charge on any atom is -0.490 e. The van der Waals surface area contributed by atoms with Gasteiger partial charge in [0.15, 0.2) is 11.5 Å². The average molecular weight is 399 g/mol. The molecule has 1 fully saturated rings. The molecule has 1 aliphatic heterocycles. The third kappa shape index (κ3) is 5.63. The molecular formula is C22H25NO6. The van der Waals surface area contributed by atoms with Crippen LogP contribution in [-0.2, 0) is 16.1 Å². The third-order valence-electron chi connectivity index (χ3n) is 4.60. The van der Waals surface area contributed by atoms with Crippen LogP contribution in [0.15, 0.2) is 48.5 Å². The Kier molecular flexibility index (Phi) is 6.94. The zero-order valence-electron chi connectivity index (χ0n) is 16.4. The maximum Gasteiger partial charge on any atom is 0.308 e. The number of carboxylic acids is 1. The lowest BCUT2D eigenvalue weighted by Crippen LogP contribution is -2.25. The molecule has 1 N–H and O–H groups in total. The highest BCUT2D eigenvalue weighted by Gasteiger charge is 2.34. The zero-order valence-corrected chi connectivity index (χ0v) is 16.4. The Bertz CT molecular complexity index is 838. The molecule has 1 amide bonds. The van der Waals surface area contributed by atoms with E-state index in [1.165, 1.54) is 0 Å². The predicted octanol–water partition coefficient (Wildman–Crippen LogP) is 2.98. The summed E-state index contributed by atoms with van der Waals surface area (Å²) >= 11 is 0. The summed E-state index contributed by atoms with van der Waals surface area (Å²) in [6.45, 7) is 3.70. The van der Waals surface area contributed by atoms with Crippen LogP contribution >= 0.6 is 0 Å². The van der Waals surface area contributed by atoms with Crippen LogP contribution in [0.2, 0.25) is 0 Å². The number of carbonyl (C=O) groups is 2. The van der Waals surface area contributed by atoms with Crippen LogP contribution in [0, 0.1) is 5.92 Å². The Morgan fingerprint density at radius 2 is 1.83 bits per heavy atom. The van der Waals surface area contributed by atoms with Crippen molar-refractivity contribution in [3.63, 3.8) is 0 Å². The SMILES string of the molecule is CCOc1cc(CN2CC(C(=O)O)CC2=O)ccc1OCCOc1ccccc1. The Labute approximate surface area is 169 Å². The molecule has 1 saturated heterocycles. The first-order valence-corrected chi connectivity index (χ1v) is 9.63. The second kappa shape index (κ2) is 9.82. The van der Waals surface area contributed by atoms with Gasteiger partial charge in [0.1, 0.15) is 19.0 Å². The first-order chi connectivity index (χ1) is 14.1. The van der Waals surface area contributed by atoms with Crippen molar-refractivity contribution in [3.8, 4) is 17.2 Å². The number of rotatable bonds is 10. The summed E-state index contributed by atoms with van der Waals surface area (Å²) in [6, 6.07) is 15.0. The first-order valence-electron chi connectivity index (χ1n) is 9.63. The minimum atomic E-state index is -0.933. The summed E-state index contributed by atoms with van der Waals surface area (Å²) in [7, 11) is 0. The van der Waals surface area contributed by atoms with Crippen molar-refractivity contribution < 1.29 is 28.9 Å². The van der Waals surface area contributed by atoms with Gasteiger partial charge in [0.2, 0.25) is 5.91 Å². The zero-order chi connectivity index (χ0) is 20.6. The van der Waals surface area contributed by atoms with Crippen molar-refractivity contribution >= 4 is 11.9 Å². The Morgan fingerprint density at radius 3 is 2.52 bits per heavy atom. The van der Waals surface area contributed by atoms with E-state index in [2.05, 4.69) is 0 Å². The summed E-state index contributed by atoms with van der Waals surface area (Å²) in [5, 5.41) is 9.12. The second-order valence-corrected chi connectivity index (χ2v) is 6.74. The normalized spacial score (nSPS) is 16.0. The topological polar surface area (TPSA) is 85.3 Å². The van der Waals surface area contributed by atoms with Crippen LogP contribution < -0.4 is 14.2 Å². The van der Waals surface area contributed by atoms with Crippen LogP contribution in [-0.4, -0.2) is 48.2 Å². The summed E-state index contributed by atoms with van der Waals surface area (Å²) in [5.74, 6) is 0.258. The molecule has 29 heavy (non-hydrogen) atoms.